The zero-order chi connectivity index (χ0) is 64.1. The standard InChI is InChI=1S/2C26H23N3O5.C18H15N5O3/c2*1-32-23-11-14(6-8-27-23)10-15(30)12-19-24-18-13-16(2-4-20(18)34-25(19)24)33-21-7-9-28-26-17(21)3-5-22(31)29-26;19-23-21-8-12-16-11-7-9(1-3-13(11)26-17(12)16)25-14-5-6-20-18-10(14)2-4-15(24)22-18/h2*2,4,6-9,11,13,19,24-25H,3,5,10,12H2,1H3,(H,28,29,31);1,3,5-7,12,16-17H,2,4,8H2,(H,20,22,24)/t2*19-,24-,25+;12-,16-,17+/m000/s1. The van der Waals surface area contributed by atoms with E-state index in [1.165, 1.54) is 0 Å². The number of rotatable bonds is 18. The van der Waals surface area contributed by atoms with Crippen LogP contribution in [0.3, 0.4) is 0 Å². The lowest BCUT2D eigenvalue weighted by atomic mass is 10.0. The van der Waals surface area contributed by atoms with Gasteiger partial charge in [-0.15, -0.1) is 0 Å². The fourth-order valence-corrected chi connectivity index (χ4v) is 13.8. The van der Waals surface area contributed by atoms with Crippen LogP contribution in [0.25, 0.3) is 10.4 Å². The van der Waals surface area contributed by atoms with Gasteiger partial charge >= 0.3 is 0 Å². The second-order valence-electron chi connectivity index (χ2n) is 24.4. The van der Waals surface area contributed by atoms with Crippen LogP contribution < -0.4 is 53.8 Å². The molecule has 0 bridgehead atoms. The van der Waals surface area contributed by atoms with Gasteiger partial charge in [-0.05, 0) is 121 Å². The average molecular weight is 1260 g/mol. The van der Waals surface area contributed by atoms with Gasteiger partial charge in [0.2, 0.25) is 29.5 Å². The van der Waals surface area contributed by atoms with E-state index in [9.17, 15) is 24.0 Å². The largest absolute Gasteiger partial charge is 0.489 e. The SMILES string of the molecule is COc1cc(CC(=O)C[C@@H]2[C@H]3Oc4ccc(Oc5ccnc6c5CCC(=O)N6)cc4[C@@H]23)ccn1.COc1cc(CC(=O)C[C@@H]2[C@H]3Oc4ccc(Oc5ccnc6c5CCC(=O)N6)cc4[C@@H]23)ccn1.[N-]=[N+]=NC[C@@H]1[C@H]2Oc3ccc(Oc4ccnc5c4CCC(=O)N5)cc3[C@@H]12. The normalized spacial score (nSPS) is 22.2. The van der Waals surface area contributed by atoms with E-state index in [1.807, 2.05) is 84.9 Å². The number of ketones is 2. The molecule has 94 heavy (non-hydrogen) atoms. The van der Waals surface area contributed by atoms with Gasteiger partial charge in [-0.2, -0.15) is 0 Å². The van der Waals surface area contributed by atoms with Crippen molar-refractivity contribution in [2.45, 2.75) is 100 Å². The number of fused-ring (bicyclic) bond motifs is 12. The topological polar surface area (TPSA) is 308 Å². The number of carbonyl (C=O) groups is 5. The minimum absolute atomic E-state index is 0.0253. The molecule has 3 aliphatic carbocycles. The Morgan fingerprint density at radius 1 is 0.489 bits per heavy atom. The second kappa shape index (κ2) is 24.8. The highest BCUT2D eigenvalue weighted by Gasteiger charge is 2.60. The van der Waals surface area contributed by atoms with Crippen LogP contribution in [0.4, 0.5) is 17.5 Å². The molecule has 3 saturated carbocycles. The smallest absolute Gasteiger partial charge is 0.225 e. The summed E-state index contributed by atoms with van der Waals surface area (Å²) >= 11 is 0. The van der Waals surface area contributed by atoms with E-state index >= 15 is 0 Å². The Bertz CT molecular complexity index is 4260. The number of methoxy groups -OCH3 is 2. The maximum atomic E-state index is 12.7. The number of ether oxygens (including phenoxy) is 8. The zero-order valence-electron chi connectivity index (χ0n) is 51.0. The second-order valence-corrected chi connectivity index (χ2v) is 24.4. The maximum Gasteiger partial charge on any atom is 0.225 e. The van der Waals surface area contributed by atoms with Gasteiger partial charge in [-0.1, -0.05) is 5.11 Å². The maximum absolute atomic E-state index is 12.7. The Balaban J connectivity index is 0.000000118. The number of hydrogen-bond donors (Lipinski definition) is 3. The highest BCUT2D eigenvalue weighted by atomic mass is 16.5. The average Bonchev–Trinajstić information content (AvgIpc) is 1.57. The molecular weight excluding hydrogens is 1200 g/mol. The molecule has 6 aliphatic heterocycles. The minimum Gasteiger partial charge on any atom is -0.489 e. The van der Waals surface area contributed by atoms with E-state index in [-0.39, 0.29) is 83.1 Å². The Morgan fingerprint density at radius 3 is 1.22 bits per heavy atom. The van der Waals surface area contributed by atoms with Crippen molar-refractivity contribution in [2.75, 3.05) is 36.7 Å². The van der Waals surface area contributed by atoms with Gasteiger partial charge in [-0.3, -0.25) is 24.0 Å². The summed E-state index contributed by atoms with van der Waals surface area (Å²) in [5.41, 5.74) is 16.3. The number of aromatic nitrogens is 5. The zero-order valence-corrected chi connectivity index (χ0v) is 51.0. The molecule has 5 aromatic heterocycles. The molecule has 24 heteroatoms. The summed E-state index contributed by atoms with van der Waals surface area (Å²) in [5.74, 6) is 11.1. The van der Waals surface area contributed by atoms with Gasteiger partial charge in [-0.25, -0.2) is 24.9 Å². The predicted molar refractivity (Wildman–Crippen MR) is 337 cm³/mol. The lowest BCUT2D eigenvalue weighted by Crippen LogP contribution is -2.20. The van der Waals surface area contributed by atoms with Crippen LogP contribution in [0.1, 0.15) is 94.4 Å². The Labute approximate surface area is 537 Å². The molecule has 17 rings (SSSR count). The van der Waals surface area contributed by atoms with Crippen molar-refractivity contribution in [3.05, 3.63) is 183 Å². The molecule has 0 spiro atoms. The molecular formula is C70H61N11O13. The van der Waals surface area contributed by atoms with Gasteiger partial charge in [0.25, 0.3) is 0 Å². The van der Waals surface area contributed by atoms with Gasteiger partial charge in [0.1, 0.15) is 99.1 Å². The lowest BCUT2D eigenvalue weighted by molar-refractivity contribution is -0.119. The highest BCUT2D eigenvalue weighted by Crippen LogP contribution is 2.62. The number of carbonyl (C=O) groups excluding carboxylic acids is 5. The van der Waals surface area contributed by atoms with Crippen LogP contribution >= 0.6 is 0 Å². The van der Waals surface area contributed by atoms with E-state index in [4.69, 9.17) is 43.4 Å². The molecule has 9 atom stereocenters. The van der Waals surface area contributed by atoms with Crippen molar-refractivity contribution in [1.29, 1.82) is 0 Å². The fraction of sp³-hybridized carbons (Fsp3) is 0.314. The van der Waals surface area contributed by atoms with Crippen LogP contribution in [-0.4, -0.2) is 93.3 Å². The molecule has 0 saturated heterocycles. The number of nitrogens with one attached hydrogen (secondary N) is 3. The van der Waals surface area contributed by atoms with Crippen LogP contribution in [0.5, 0.6) is 63.5 Å². The summed E-state index contributed by atoms with van der Waals surface area (Å²) in [4.78, 5) is 84.0. The summed E-state index contributed by atoms with van der Waals surface area (Å²) in [6, 6.07) is 30.1. The number of nitrogens with zero attached hydrogens (tertiary/aromatic N) is 8. The van der Waals surface area contributed by atoms with Gasteiger partial charge < -0.3 is 53.8 Å². The summed E-state index contributed by atoms with van der Waals surface area (Å²) in [6.07, 6.45) is 13.1. The van der Waals surface area contributed by atoms with E-state index in [1.54, 1.807) is 57.3 Å². The number of anilines is 3. The van der Waals surface area contributed by atoms with Crippen molar-refractivity contribution in [2.24, 2.45) is 22.9 Å². The third kappa shape index (κ3) is 12.1. The van der Waals surface area contributed by atoms with Crippen molar-refractivity contribution in [3.8, 4) is 63.5 Å². The molecule has 3 amide bonds. The summed E-state index contributed by atoms with van der Waals surface area (Å²) in [6.45, 7) is 0.452. The molecule has 0 radical (unpaired) electrons. The van der Waals surface area contributed by atoms with Crippen LogP contribution in [0, 0.1) is 17.8 Å². The van der Waals surface area contributed by atoms with Gasteiger partial charge in [0.15, 0.2) is 0 Å². The third-order valence-corrected chi connectivity index (χ3v) is 18.5. The Morgan fingerprint density at radius 2 is 0.851 bits per heavy atom. The minimum atomic E-state index is -0.0322. The quantitative estimate of drug-likeness (QED) is 0.0408. The number of pyridine rings is 5. The lowest BCUT2D eigenvalue weighted by Gasteiger charge is -2.19. The third-order valence-electron chi connectivity index (χ3n) is 18.5. The number of hydrogen-bond acceptors (Lipinski definition) is 19. The molecule has 3 aromatic carbocycles. The highest BCUT2D eigenvalue weighted by molar-refractivity contribution is 5.95. The van der Waals surface area contributed by atoms with E-state index < -0.39 is 0 Å². The van der Waals surface area contributed by atoms with Gasteiger partial charge in [0, 0.05) is 168 Å². The van der Waals surface area contributed by atoms with Crippen LogP contribution in [-0.2, 0) is 56.1 Å². The van der Waals surface area contributed by atoms with Crippen LogP contribution in [0.15, 0.2) is 133 Å². The number of amides is 3. The molecule has 0 unspecified atom stereocenters. The first-order chi connectivity index (χ1) is 45.9. The molecule has 11 heterocycles. The molecule has 24 nitrogen and oxygen atoms in total. The molecule has 3 N–H and O–H groups in total. The fourth-order valence-electron chi connectivity index (χ4n) is 13.8. The van der Waals surface area contributed by atoms with E-state index in [0.29, 0.717) is 134 Å². The monoisotopic (exact) mass is 1260 g/mol. The Kier molecular flexibility index (Phi) is 15.6. The Hall–Kier alpha value is -11.1. The summed E-state index contributed by atoms with van der Waals surface area (Å²) < 4.78 is 46.8. The van der Waals surface area contributed by atoms with Crippen molar-refractivity contribution < 1.29 is 61.9 Å². The first-order valence-corrected chi connectivity index (χ1v) is 31.2. The molecule has 8 aromatic rings. The number of Topliss-reactive ketones (excluding diaryl/α,β-unsaturated/α-hetero) is 2. The molecule has 3 fully saturated rings. The first kappa shape index (κ1) is 59.2. The first-order valence-electron chi connectivity index (χ1n) is 31.2. The predicted octanol–water partition coefficient (Wildman–Crippen LogP) is 11.2. The van der Waals surface area contributed by atoms with E-state index in [2.05, 4.69) is 50.9 Å². The van der Waals surface area contributed by atoms with Crippen molar-refractivity contribution in [1.82, 2.24) is 24.9 Å². The van der Waals surface area contributed by atoms with Crippen molar-refractivity contribution in [3.63, 3.8) is 0 Å². The van der Waals surface area contributed by atoms with Gasteiger partial charge in [0.05, 0.1) is 14.2 Å². The van der Waals surface area contributed by atoms with Crippen LogP contribution in [0.2, 0.25) is 0 Å². The number of benzene rings is 3. The van der Waals surface area contributed by atoms with E-state index in [0.717, 1.165) is 61.8 Å². The molecule has 474 valence electrons. The summed E-state index contributed by atoms with van der Waals surface area (Å²) in [5, 5.41) is 12.0. The van der Waals surface area contributed by atoms with Crippen molar-refractivity contribution >= 4 is 46.7 Å². The summed E-state index contributed by atoms with van der Waals surface area (Å²) in [7, 11) is 3.13. The molecule has 9 aliphatic rings. The number of azide groups is 1.